The van der Waals surface area contributed by atoms with Crippen molar-refractivity contribution in [3.63, 3.8) is 0 Å². The van der Waals surface area contributed by atoms with E-state index in [1.807, 2.05) is 17.0 Å². The summed E-state index contributed by atoms with van der Waals surface area (Å²) in [5.41, 5.74) is 1.09. The number of hydrogen-bond acceptors (Lipinski definition) is 6. The summed E-state index contributed by atoms with van der Waals surface area (Å²) in [6.07, 6.45) is 1.96. The maximum Gasteiger partial charge on any atom is 0.243 e. The quantitative estimate of drug-likeness (QED) is 0.773. The molecule has 2 aromatic rings. The van der Waals surface area contributed by atoms with Gasteiger partial charge in [-0.1, -0.05) is 26.0 Å². The van der Waals surface area contributed by atoms with Crippen LogP contribution in [0.25, 0.3) is 0 Å². The zero-order chi connectivity index (χ0) is 19.9. The summed E-state index contributed by atoms with van der Waals surface area (Å²) < 4.78 is 46.7. The van der Waals surface area contributed by atoms with Crippen LogP contribution in [-0.4, -0.2) is 61.1 Å². The maximum absolute atomic E-state index is 13.2. The number of aromatic nitrogens is 2. The largest absolute Gasteiger partial charge is 0.373 e. The number of hydrogen-bond donors (Lipinski definition) is 0. The minimum absolute atomic E-state index is 0.205. The molecule has 0 amide bonds. The van der Waals surface area contributed by atoms with Crippen LogP contribution in [0.3, 0.4) is 0 Å². The average Bonchev–Trinajstić information content (AvgIpc) is 3.14. The Morgan fingerprint density at radius 3 is 2.46 bits per heavy atom. The van der Waals surface area contributed by atoms with Crippen molar-refractivity contribution in [1.82, 2.24) is 14.3 Å². The van der Waals surface area contributed by atoms with Gasteiger partial charge in [-0.15, -0.1) is 0 Å². The van der Waals surface area contributed by atoms with Gasteiger partial charge in [0, 0.05) is 19.6 Å². The Hall–Kier alpha value is -2.10. The molecule has 2 aliphatic rings. The Bertz CT molecular complexity index is 935. The van der Waals surface area contributed by atoms with Crippen LogP contribution in [0, 0.1) is 5.82 Å². The third-order valence-corrected chi connectivity index (χ3v) is 7.16. The van der Waals surface area contributed by atoms with Crippen LogP contribution in [0.15, 0.2) is 41.6 Å². The Labute approximate surface area is 164 Å². The van der Waals surface area contributed by atoms with Gasteiger partial charge in [0.25, 0.3) is 0 Å². The van der Waals surface area contributed by atoms with E-state index in [1.165, 1.54) is 4.31 Å². The van der Waals surface area contributed by atoms with E-state index >= 15 is 0 Å². The predicted octanol–water partition coefficient (Wildman–Crippen LogP) is 2.02. The van der Waals surface area contributed by atoms with Gasteiger partial charge in [-0.2, -0.15) is 4.31 Å². The molecule has 2 fully saturated rings. The van der Waals surface area contributed by atoms with Crippen molar-refractivity contribution in [3.8, 4) is 0 Å². The number of rotatable bonds is 4. The number of anilines is 1. The predicted molar refractivity (Wildman–Crippen MR) is 102 cm³/mol. The molecule has 2 atom stereocenters. The number of sulfonamides is 1. The van der Waals surface area contributed by atoms with Gasteiger partial charge in [-0.05, 0) is 23.6 Å². The first-order chi connectivity index (χ1) is 13.4. The molecule has 9 heteroatoms. The van der Waals surface area contributed by atoms with E-state index in [1.54, 1.807) is 12.1 Å². The molecule has 2 saturated heterocycles. The van der Waals surface area contributed by atoms with Crippen LogP contribution in [0.1, 0.15) is 25.3 Å². The van der Waals surface area contributed by atoms with Crippen molar-refractivity contribution < 1.29 is 17.5 Å². The second-order valence-corrected chi connectivity index (χ2v) is 9.35. The molecule has 4 rings (SSSR count). The van der Waals surface area contributed by atoms with Crippen LogP contribution >= 0.6 is 0 Å². The van der Waals surface area contributed by atoms with E-state index in [0.717, 1.165) is 18.0 Å². The molecule has 3 heterocycles. The molecule has 0 aliphatic carbocycles. The summed E-state index contributed by atoms with van der Waals surface area (Å²) in [6.45, 7) is 5.66. The zero-order valence-corrected chi connectivity index (χ0v) is 16.6. The summed E-state index contributed by atoms with van der Waals surface area (Å²) in [5.74, 6) is 0.221. The molecule has 150 valence electrons. The molecule has 7 nitrogen and oxygen atoms in total. The van der Waals surface area contributed by atoms with E-state index in [-0.39, 0.29) is 30.1 Å². The van der Waals surface area contributed by atoms with Crippen LogP contribution in [0.2, 0.25) is 0 Å². The molecule has 1 aromatic heterocycles. The van der Waals surface area contributed by atoms with Crippen LogP contribution in [0.4, 0.5) is 10.3 Å². The summed E-state index contributed by atoms with van der Waals surface area (Å²) in [4.78, 5) is 10.3. The summed E-state index contributed by atoms with van der Waals surface area (Å²) in [6, 6.07) is 6.83. The minimum Gasteiger partial charge on any atom is -0.373 e. The van der Waals surface area contributed by atoms with Gasteiger partial charge in [0.2, 0.25) is 16.0 Å². The van der Waals surface area contributed by atoms with Crippen molar-refractivity contribution in [2.45, 2.75) is 36.8 Å². The SMILES string of the molecule is CC(C)c1ccc(S(=O)(=O)N2C[C@@H]3OCCN(c4ncc(F)cn4)[C@@H]3C2)cc1. The first-order valence-electron chi connectivity index (χ1n) is 9.32. The number of fused-ring (bicyclic) bond motifs is 1. The monoisotopic (exact) mass is 406 g/mol. The molecule has 1 aromatic carbocycles. The molecule has 0 N–H and O–H groups in total. The fraction of sp³-hybridized carbons (Fsp3) is 0.474. The highest BCUT2D eigenvalue weighted by Crippen LogP contribution is 2.30. The third-order valence-electron chi connectivity index (χ3n) is 5.32. The van der Waals surface area contributed by atoms with E-state index in [9.17, 15) is 12.8 Å². The van der Waals surface area contributed by atoms with Gasteiger partial charge in [-0.3, -0.25) is 0 Å². The second kappa shape index (κ2) is 7.38. The standard InChI is InChI=1S/C19H23FN4O3S/c1-13(2)14-3-5-16(6-4-14)28(25,26)23-11-17-18(12-23)27-8-7-24(17)19-21-9-15(20)10-22-19/h3-6,9-10,13,17-18H,7-8,11-12H2,1-2H3/t17-,18+/m1/s1. The summed E-state index contributed by atoms with van der Waals surface area (Å²) in [5, 5.41) is 0. The number of halogens is 1. The van der Waals surface area contributed by atoms with Gasteiger partial charge < -0.3 is 9.64 Å². The maximum atomic E-state index is 13.2. The van der Waals surface area contributed by atoms with E-state index < -0.39 is 15.8 Å². The van der Waals surface area contributed by atoms with E-state index in [2.05, 4.69) is 23.8 Å². The Balaban J connectivity index is 1.56. The van der Waals surface area contributed by atoms with Crippen LogP contribution in [0.5, 0.6) is 0 Å². The molecule has 0 bridgehead atoms. The highest BCUT2D eigenvalue weighted by molar-refractivity contribution is 7.89. The van der Waals surface area contributed by atoms with Crippen molar-refractivity contribution in [1.29, 1.82) is 0 Å². The van der Waals surface area contributed by atoms with Crippen LogP contribution in [-0.2, 0) is 14.8 Å². The van der Waals surface area contributed by atoms with Gasteiger partial charge in [0.05, 0.1) is 36.0 Å². The topological polar surface area (TPSA) is 75.6 Å². The number of ether oxygens (including phenoxy) is 1. The van der Waals surface area contributed by atoms with Crippen molar-refractivity contribution in [3.05, 3.63) is 48.0 Å². The Morgan fingerprint density at radius 2 is 1.82 bits per heavy atom. The van der Waals surface area contributed by atoms with Gasteiger partial charge in [0.15, 0.2) is 5.82 Å². The number of nitrogens with zero attached hydrogens (tertiary/aromatic N) is 4. The molecule has 28 heavy (non-hydrogen) atoms. The number of benzene rings is 1. The normalized spacial score (nSPS) is 23.2. The Kier molecular flexibility index (Phi) is 5.07. The fourth-order valence-electron chi connectivity index (χ4n) is 3.73. The van der Waals surface area contributed by atoms with Crippen molar-refractivity contribution in [2.75, 3.05) is 31.1 Å². The lowest BCUT2D eigenvalue weighted by Gasteiger charge is -2.36. The average molecular weight is 406 g/mol. The second-order valence-electron chi connectivity index (χ2n) is 7.42. The highest BCUT2D eigenvalue weighted by Gasteiger charge is 2.45. The first-order valence-corrected chi connectivity index (χ1v) is 10.8. The van der Waals surface area contributed by atoms with E-state index in [4.69, 9.17) is 4.74 Å². The zero-order valence-electron chi connectivity index (χ0n) is 15.8. The first kappa shape index (κ1) is 19.2. The lowest BCUT2D eigenvalue weighted by Crippen LogP contribution is -2.51. The summed E-state index contributed by atoms with van der Waals surface area (Å²) in [7, 11) is -3.63. The molecule has 0 unspecified atom stereocenters. The molecular formula is C19H23FN4O3S. The number of morpholine rings is 1. The smallest absolute Gasteiger partial charge is 0.243 e. The van der Waals surface area contributed by atoms with Crippen molar-refractivity contribution >= 4 is 16.0 Å². The van der Waals surface area contributed by atoms with Gasteiger partial charge in [-0.25, -0.2) is 22.8 Å². The van der Waals surface area contributed by atoms with Crippen molar-refractivity contribution in [2.24, 2.45) is 0 Å². The lowest BCUT2D eigenvalue weighted by atomic mass is 10.0. The molecule has 0 radical (unpaired) electrons. The minimum atomic E-state index is -3.63. The Morgan fingerprint density at radius 1 is 1.14 bits per heavy atom. The molecular weight excluding hydrogens is 383 g/mol. The lowest BCUT2D eigenvalue weighted by molar-refractivity contribution is 0.0325. The van der Waals surface area contributed by atoms with Gasteiger partial charge in [0.1, 0.15) is 0 Å². The summed E-state index contributed by atoms with van der Waals surface area (Å²) >= 11 is 0. The van der Waals surface area contributed by atoms with E-state index in [0.29, 0.717) is 25.0 Å². The molecule has 0 saturated carbocycles. The third kappa shape index (κ3) is 3.49. The van der Waals surface area contributed by atoms with Crippen LogP contribution < -0.4 is 4.90 Å². The molecule has 2 aliphatic heterocycles. The molecule has 0 spiro atoms. The fourth-order valence-corrected chi connectivity index (χ4v) is 5.20. The highest BCUT2D eigenvalue weighted by atomic mass is 32.2. The van der Waals surface area contributed by atoms with Gasteiger partial charge >= 0.3 is 0 Å².